The number of rotatable bonds is 3. The lowest BCUT2D eigenvalue weighted by Gasteiger charge is -2.39. The second-order valence-corrected chi connectivity index (χ2v) is 11.3. The highest BCUT2D eigenvalue weighted by atomic mass is 19.4. The number of carbonyl (C=O) groups excluding carboxylic acids is 2. The van der Waals surface area contributed by atoms with Gasteiger partial charge in [-0.2, -0.15) is 13.2 Å². The van der Waals surface area contributed by atoms with Crippen LogP contribution < -0.4 is 5.32 Å². The van der Waals surface area contributed by atoms with Crippen LogP contribution in [0.15, 0.2) is 18.2 Å². The van der Waals surface area contributed by atoms with Crippen molar-refractivity contribution in [2.45, 2.75) is 90.2 Å². The van der Waals surface area contributed by atoms with E-state index in [4.69, 9.17) is 14.2 Å². The molecule has 0 saturated carbocycles. The Morgan fingerprint density at radius 3 is 2.55 bits per heavy atom. The normalized spacial score (nSPS) is 21.0. The number of aromatic hydroxyl groups is 1. The van der Waals surface area contributed by atoms with Gasteiger partial charge in [0.1, 0.15) is 23.3 Å². The van der Waals surface area contributed by atoms with Crippen LogP contribution in [-0.4, -0.2) is 45.2 Å². The summed E-state index contributed by atoms with van der Waals surface area (Å²) in [7, 11) is 0. The van der Waals surface area contributed by atoms with Gasteiger partial charge in [0.05, 0.1) is 37.1 Å². The first-order valence-electron chi connectivity index (χ1n) is 13.3. The number of pyridine rings is 1. The van der Waals surface area contributed by atoms with E-state index in [9.17, 15) is 27.9 Å². The third kappa shape index (κ3) is 5.73. The van der Waals surface area contributed by atoms with Crippen LogP contribution in [0.3, 0.4) is 0 Å². The molecule has 4 heterocycles. The molecule has 1 saturated heterocycles. The van der Waals surface area contributed by atoms with E-state index >= 15 is 0 Å². The number of benzene rings is 1. The van der Waals surface area contributed by atoms with Gasteiger partial charge in [-0.05, 0) is 63.3 Å². The van der Waals surface area contributed by atoms with E-state index in [2.05, 4.69) is 10.3 Å². The number of phenolic OH excluding ortho intramolecular Hbond substituents is 1. The fraction of sp³-hybridized carbons (Fsp3) is 0.536. The molecule has 3 aliphatic heterocycles. The SMILES string of the molecule is CC(C)(C)OC(=O)Nc1nc2c(c3c1COC3)C[C@@H](C(=O)N1CCCC[C@@H]1c1ccc(C(F)(F)F)cc1O)OC2. The topological polar surface area (TPSA) is 110 Å². The van der Waals surface area contributed by atoms with Crippen molar-refractivity contribution < 1.29 is 42.1 Å². The van der Waals surface area contributed by atoms with E-state index in [1.807, 2.05) is 0 Å². The van der Waals surface area contributed by atoms with Crippen LogP contribution in [-0.2, 0) is 51.4 Å². The number of piperidine rings is 1. The standard InChI is InChI=1S/C28H32F3N3O6/c1-27(2,3)40-26(37)33-24-19-13-38-12-18(19)17-11-23(39-14-20(17)32-24)25(36)34-9-5-4-6-21(34)16-8-7-15(10-22(16)35)28(29,30)31/h7-8,10,21,23,35H,4-6,9,11-14H2,1-3H3,(H,32,33,37)/t21-,23+/m1/s1. The number of nitrogens with one attached hydrogen (secondary N) is 1. The van der Waals surface area contributed by atoms with Crippen molar-refractivity contribution in [3.63, 3.8) is 0 Å². The molecule has 0 bridgehead atoms. The van der Waals surface area contributed by atoms with Crippen molar-refractivity contribution in [1.29, 1.82) is 0 Å². The summed E-state index contributed by atoms with van der Waals surface area (Å²) in [5.74, 6) is -0.445. The van der Waals surface area contributed by atoms with Gasteiger partial charge < -0.3 is 24.2 Å². The molecule has 12 heteroatoms. The van der Waals surface area contributed by atoms with Crippen LogP contribution in [0, 0.1) is 0 Å². The number of carbonyl (C=O) groups is 2. The molecular weight excluding hydrogens is 531 g/mol. The van der Waals surface area contributed by atoms with Gasteiger partial charge in [0, 0.05) is 24.1 Å². The number of nitrogens with zero attached hydrogens (tertiary/aromatic N) is 2. The van der Waals surface area contributed by atoms with Crippen LogP contribution in [0.4, 0.5) is 23.8 Å². The number of anilines is 1. The zero-order valence-electron chi connectivity index (χ0n) is 22.6. The molecule has 2 aromatic rings. The van der Waals surface area contributed by atoms with Crippen molar-refractivity contribution in [1.82, 2.24) is 9.88 Å². The number of aromatic nitrogens is 1. The fourth-order valence-electron chi connectivity index (χ4n) is 5.51. The van der Waals surface area contributed by atoms with Crippen LogP contribution in [0.2, 0.25) is 0 Å². The maximum atomic E-state index is 13.7. The first-order valence-corrected chi connectivity index (χ1v) is 13.3. The van der Waals surface area contributed by atoms with Gasteiger partial charge in [0.2, 0.25) is 0 Å². The lowest BCUT2D eigenvalue weighted by atomic mass is 9.91. The molecule has 3 aliphatic rings. The second-order valence-electron chi connectivity index (χ2n) is 11.3. The number of likely N-dealkylation sites (tertiary alicyclic amines) is 1. The first-order chi connectivity index (χ1) is 18.8. The van der Waals surface area contributed by atoms with Crippen LogP contribution in [0.1, 0.15) is 79.6 Å². The zero-order chi connectivity index (χ0) is 28.8. The summed E-state index contributed by atoms with van der Waals surface area (Å²) in [4.78, 5) is 32.3. The fourth-order valence-corrected chi connectivity index (χ4v) is 5.51. The Balaban J connectivity index is 1.37. The smallest absolute Gasteiger partial charge is 0.416 e. The van der Waals surface area contributed by atoms with Gasteiger partial charge in [-0.25, -0.2) is 9.78 Å². The zero-order valence-corrected chi connectivity index (χ0v) is 22.6. The van der Waals surface area contributed by atoms with E-state index in [-0.39, 0.29) is 31.1 Å². The largest absolute Gasteiger partial charge is 0.508 e. The van der Waals surface area contributed by atoms with Crippen molar-refractivity contribution in [3.8, 4) is 5.75 Å². The minimum absolute atomic E-state index is 0.0338. The van der Waals surface area contributed by atoms with E-state index in [1.54, 1.807) is 25.7 Å². The van der Waals surface area contributed by atoms with E-state index in [0.717, 1.165) is 35.6 Å². The van der Waals surface area contributed by atoms with Crippen molar-refractivity contribution in [3.05, 3.63) is 51.7 Å². The third-order valence-corrected chi connectivity index (χ3v) is 7.31. The van der Waals surface area contributed by atoms with E-state index in [1.165, 1.54) is 6.07 Å². The lowest BCUT2D eigenvalue weighted by molar-refractivity contribution is -0.149. The second kappa shape index (κ2) is 10.5. The van der Waals surface area contributed by atoms with Crippen molar-refractivity contribution in [2.75, 3.05) is 11.9 Å². The van der Waals surface area contributed by atoms with Crippen LogP contribution in [0.5, 0.6) is 5.75 Å². The Labute approximate surface area is 229 Å². The summed E-state index contributed by atoms with van der Waals surface area (Å²) in [6, 6.07) is 2.31. The van der Waals surface area contributed by atoms with Gasteiger partial charge >= 0.3 is 12.3 Å². The molecule has 1 fully saturated rings. The van der Waals surface area contributed by atoms with Gasteiger partial charge in [0.25, 0.3) is 5.91 Å². The molecular formula is C28H32F3N3O6. The number of ether oxygens (including phenoxy) is 3. The highest BCUT2D eigenvalue weighted by Crippen LogP contribution is 2.41. The number of hydrogen-bond acceptors (Lipinski definition) is 7. The Bertz CT molecular complexity index is 1320. The molecule has 216 valence electrons. The first kappa shape index (κ1) is 28.2. The molecule has 0 radical (unpaired) electrons. The summed E-state index contributed by atoms with van der Waals surface area (Å²) < 4.78 is 56.3. The molecule has 0 aliphatic carbocycles. The Morgan fingerprint density at radius 1 is 1.10 bits per heavy atom. The van der Waals surface area contributed by atoms with Gasteiger partial charge in [-0.15, -0.1) is 0 Å². The molecule has 2 N–H and O–H groups in total. The molecule has 40 heavy (non-hydrogen) atoms. The summed E-state index contributed by atoms with van der Waals surface area (Å²) in [5.41, 5.74) is 1.66. The number of hydrogen-bond donors (Lipinski definition) is 2. The summed E-state index contributed by atoms with van der Waals surface area (Å²) >= 11 is 0. The number of phenols is 1. The Morgan fingerprint density at radius 2 is 1.85 bits per heavy atom. The van der Waals surface area contributed by atoms with Crippen LogP contribution >= 0.6 is 0 Å². The molecule has 9 nitrogen and oxygen atoms in total. The van der Waals surface area contributed by atoms with Gasteiger partial charge in [0.15, 0.2) is 0 Å². The number of halogens is 3. The molecule has 0 unspecified atom stereocenters. The van der Waals surface area contributed by atoms with Gasteiger partial charge in [-0.1, -0.05) is 6.07 Å². The predicted molar refractivity (Wildman–Crippen MR) is 136 cm³/mol. The number of amides is 2. The monoisotopic (exact) mass is 563 g/mol. The minimum Gasteiger partial charge on any atom is -0.508 e. The maximum absolute atomic E-state index is 13.7. The number of fused-ring (bicyclic) bond motifs is 3. The van der Waals surface area contributed by atoms with Gasteiger partial charge in [-0.3, -0.25) is 10.1 Å². The van der Waals surface area contributed by atoms with Crippen LogP contribution in [0.25, 0.3) is 0 Å². The Hall–Kier alpha value is -3.38. The summed E-state index contributed by atoms with van der Waals surface area (Å²) in [6.07, 6.45) is -3.80. The molecule has 1 aromatic carbocycles. The van der Waals surface area contributed by atoms with E-state index in [0.29, 0.717) is 37.2 Å². The molecule has 2 amide bonds. The minimum atomic E-state index is -4.58. The maximum Gasteiger partial charge on any atom is 0.416 e. The van der Waals surface area contributed by atoms with Crippen molar-refractivity contribution >= 4 is 17.8 Å². The van der Waals surface area contributed by atoms with E-state index < -0.39 is 41.3 Å². The summed E-state index contributed by atoms with van der Waals surface area (Å²) in [5, 5.41) is 13.2. The quantitative estimate of drug-likeness (QED) is 0.516. The molecule has 0 spiro atoms. The lowest BCUT2D eigenvalue weighted by Crippen LogP contribution is -2.47. The highest BCUT2D eigenvalue weighted by molar-refractivity contribution is 5.85. The summed E-state index contributed by atoms with van der Waals surface area (Å²) in [6.45, 7) is 6.27. The number of alkyl halides is 3. The molecule has 2 atom stereocenters. The highest BCUT2D eigenvalue weighted by Gasteiger charge is 2.39. The average Bonchev–Trinajstić information content (AvgIpc) is 3.37. The molecule has 1 aromatic heterocycles. The average molecular weight is 564 g/mol. The molecule has 5 rings (SSSR count). The van der Waals surface area contributed by atoms with Crippen molar-refractivity contribution in [2.24, 2.45) is 0 Å². The Kier molecular flexibility index (Phi) is 7.43. The predicted octanol–water partition coefficient (Wildman–Crippen LogP) is 5.38. The third-order valence-electron chi connectivity index (χ3n) is 7.31.